The molecule has 0 spiro atoms. The van der Waals surface area contributed by atoms with Crippen molar-refractivity contribution in [2.24, 2.45) is 5.92 Å². The third-order valence-electron chi connectivity index (χ3n) is 4.54. The van der Waals surface area contributed by atoms with E-state index in [1.165, 1.54) is 0 Å². The normalized spacial score (nSPS) is 16.8. The number of hydrogen-bond acceptors (Lipinski definition) is 3. The number of ether oxygens (including phenoxy) is 1. The molecular weight excluding hydrogens is 328 g/mol. The molecule has 1 fully saturated rings. The molecule has 3 rings (SSSR count). The van der Waals surface area contributed by atoms with E-state index in [2.05, 4.69) is 5.32 Å². The average Bonchev–Trinajstić information content (AvgIpc) is 2.67. The number of carbonyl (C=O) groups is 2. The van der Waals surface area contributed by atoms with E-state index >= 15 is 0 Å². The van der Waals surface area contributed by atoms with Gasteiger partial charge in [-0.2, -0.15) is 0 Å². The van der Waals surface area contributed by atoms with Crippen LogP contribution in [0.1, 0.15) is 24.0 Å². The smallest absolute Gasteiger partial charge is 0.410 e. The Morgan fingerprint density at radius 2 is 1.96 bits per heavy atom. The monoisotopic (exact) mass is 352 g/mol. The minimum atomic E-state index is -0.359. The van der Waals surface area contributed by atoms with Gasteiger partial charge in [0.1, 0.15) is 6.61 Å². The number of aryl methyl sites for hydroxylation is 1. The van der Waals surface area contributed by atoms with Gasteiger partial charge in [0.25, 0.3) is 0 Å². The van der Waals surface area contributed by atoms with Crippen LogP contribution in [-0.2, 0) is 16.1 Å². The third-order valence-corrected chi connectivity index (χ3v) is 4.54. The highest BCUT2D eigenvalue weighted by Crippen LogP contribution is 2.20. The number of amides is 2. The van der Waals surface area contributed by atoms with Gasteiger partial charge in [0.05, 0.1) is 5.92 Å². The summed E-state index contributed by atoms with van der Waals surface area (Å²) in [5.41, 5.74) is 2.84. The Kier molecular flexibility index (Phi) is 5.89. The predicted octanol–water partition coefficient (Wildman–Crippen LogP) is 3.98. The van der Waals surface area contributed by atoms with Crippen LogP contribution in [0.3, 0.4) is 0 Å². The number of likely N-dealkylation sites (tertiary alicyclic amines) is 1. The van der Waals surface area contributed by atoms with Crippen molar-refractivity contribution >= 4 is 17.7 Å². The lowest BCUT2D eigenvalue weighted by Gasteiger charge is -2.31. The maximum atomic E-state index is 12.5. The maximum absolute atomic E-state index is 12.5. The standard InChI is InChI=1S/C21H24N2O3/c1-16-7-5-11-19(13-16)22-20(24)18-10-6-12-23(14-18)21(25)26-15-17-8-3-2-4-9-17/h2-5,7-9,11,13,18H,6,10,12,14-15H2,1H3,(H,22,24)/t18-/m0/s1. The van der Waals surface area contributed by atoms with Gasteiger partial charge < -0.3 is 15.0 Å². The molecule has 1 N–H and O–H groups in total. The Labute approximate surface area is 154 Å². The lowest BCUT2D eigenvalue weighted by atomic mass is 9.97. The number of benzene rings is 2. The van der Waals surface area contributed by atoms with Gasteiger partial charge in [-0.15, -0.1) is 0 Å². The Bertz CT molecular complexity index is 761. The van der Waals surface area contributed by atoms with Crippen molar-refractivity contribution in [2.45, 2.75) is 26.4 Å². The topological polar surface area (TPSA) is 58.6 Å². The van der Waals surface area contributed by atoms with Crippen molar-refractivity contribution in [3.05, 3.63) is 65.7 Å². The third kappa shape index (κ3) is 4.85. The number of hydrogen-bond donors (Lipinski definition) is 1. The highest BCUT2D eigenvalue weighted by molar-refractivity contribution is 5.93. The Morgan fingerprint density at radius 1 is 1.15 bits per heavy atom. The molecule has 0 bridgehead atoms. The van der Waals surface area contributed by atoms with Crippen LogP contribution in [0.25, 0.3) is 0 Å². The van der Waals surface area contributed by atoms with Crippen molar-refractivity contribution in [1.29, 1.82) is 0 Å². The van der Waals surface area contributed by atoms with Crippen LogP contribution in [0.5, 0.6) is 0 Å². The molecule has 5 heteroatoms. The van der Waals surface area contributed by atoms with Gasteiger partial charge in [0, 0.05) is 18.8 Å². The highest BCUT2D eigenvalue weighted by Gasteiger charge is 2.29. The fraction of sp³-hybridized carbons (Fsp3) is 0.333. The molecule has 5 nitrogen and oxygen atoms in total. The van der Waals surface area contributed by atoms with Crippen molar-refractivity contribution in [1.82, 2.24) is 4.90 Å². The Balaban J connectivity index is 1.53. The summed E-state index contributed by atoms with van der Waals surface area (Å²) in [4.78, 5) is 26.5. The van der Waals surface area contributed by atoms with Crippen molar-refractivity contribution in [3.8, 4) is 0 Å². The second kappa shape index (κ2) is 8.52. The zero-order chi connectivity index (χ0) is 18.4. The van der Waals surface area contributed by atoms with E-state index < -0.39 is 0 Å². The van der Waals surface area contributed by atoms with Crippen LogP contribution in [0.15, 0.2) is 54.6 Å². The zero-order valence-electron chi connectivity index (χ0n) is 15.0. The predicted molar refractivity (Wildman–Crippen MR) is 101 cm³/mol. The molecule has 0 unspecified atom stereocenters. The Hall–Kier alpha value is -2.82. The molecule has 26 heavy (non-hydrogen) atoms. The summed E-state index contributed by atoms with van der Waals surface area (Å²) in [6.07, 6.45) is 1.22. The molecule has 0 saturated carbocycles. The molecular formula is C21H24N2O3. The first-order valence-electron chi connectivity index (χ1n) is 8.95. The number of carbonyl (C=O) groups excluding carboxylic acids is 2. The van der Waals surface area contributed by atoms with E-state index in [9.17, 15) is 9.59 Å². The summed E-state index contributed by atoms with van der Waals surface area (Å²) < 4.78 is 5.38. The van der Waals surface area contributed by atoms with Gasteiger partial charge in [-0.25, -0.2) is 4.79 Å². The molecule has 0 radical (unpaired) electrons. The molecule has 2 aromatic rings. The number of anilines is 1. The second-order valence-corrected chi connectivity index (χ2v) is 6.68. The van der Waals surface area contributed by atoms with Crippen molar-refractivity contribution in [2.75, 3.05) is 18.4 Å². The molecule has 1 heterocycles. The SMILES string of the molecule is Cc1cccc(NC(=O)[C@H]2CCCN(C(=O)OCc3ccccc3)C2)c1. The average molecular weight is 352 g/mol. The zero-order valence-corrected chi connectivity index (χ0v) is 15.0. The summed E-state index contributed by atoms with van der Waals surface area (Å²) in [7, 11) is 0. The number of nitrogens with one attached hydrogen (secondary N) is 1. The van der Waals surface area contributed by atoms with E-state index in [1.54, 1.807) is 4.90 Å². The quantitative estimate of drug-likeness (QED) is 0.905. The van der Waals surface area contributed by atoms with Crippen LogP contribution in [0, 0.1) is 12.8 Å². The minimum Gasteiger partial charge on any atom is -0.445 e. The van der Waals surface area contributed by atoms with E-state index in [4.69, 9.17) is 4.74 Å². The summed E-state index contributed by atoms with van der Waals surface area (Å²) in [5.74, 6) is -0.260. The molecule has 1 atom stereocenters. The van der Waals surface area contributed by atoms with Gasteiger partial charge in [-0.05, 0) is 43.0 Å². The minimum absolute atomic E-state index is 0.0452. The van der Waals surface area contributed by atoms with Crippen LogP contribution < -0.4 is 5.32 Å². The number of nitrogens with zero attached hydrogens (tertiary/aromatic N) is 1. The van der Waals surface area contributed by atoms with E-state index in [0.717, 1.165) is 29.7 Å². The first kappa shape index (κ1) is 18.0. The van der Waals surface area contributed by atoms with Gasteiger partial charge in [-0.3, -0.25) is 4.79 Å². The van der Waals surface area contributed by atoms with Crippen LogP contribution in [0.4, 0.5) is 10.5 Å². The van der Waals surface area contributed by atoms with E-state index in [1.807, 2.05) is 61.5 Å². The number of rotatable bonds is 4. The van der Waals surface area contributed by atoms with Crippen LogP contribution in [0.2, 0.25) is 0 Å². The van der Waals surface area contributed by atoms with Gasteiger partial charge in [0.15, 0.2) is 0 Å². The van der Waals surface area contributed by atoms with Gasteiger partial charge in [0.2, 0.25) is 5.91 Å². The van der Waals surface area contributed by atoms with Gasteiger partial charge >= 0.3 is 6.09 Å². The molecule has 0 aliphatic carbocycles. The molecule has 1 aliphatic rings. The number of piperidine rings is 1. The molecule has 2 aromatic carbocycles. The molecule has 1 saturated heterocycles. The molecule has 1 aliphatic heterocycles. The highest BCUT2D eigenvalue weighted by atomic mass is 16.6. The summed E-state index contributed by atoms with van der Waals surface area (Å²) >= 11 is 0. The first-order valence-corrected chi connectivity index (χ1v) is 8.95. The summed E-state index contributed by atoms with van der Waals surface area (Å²) in [6, 6.07) is 17.3. The second-order valence-electron chi connectivity index (χ2n) is 6.68. The molecule has 0 aromatic heterocycles. The van der Waals surface area contributed by atoms with E-state index in [-0.39, 0.29) is 24.5 Å². The van der Waals surface area contributed by atoms with Crippen LogP contribution in [-0.4, -0.2) is 30.0 Å². The van der Waals surface area contributed by atoms with Crippen LogP contribution >= 0.6 is 0 Å². The maximum Gasteiger partial charge on any atom is 0.410 e. The van der Waals surface area contributed by atoms with Crippen molar-refractivity contribution < 1.29 is 14.3 Å². The fourth-order valence-electron chi connectivity index (χ4n) is 3.13. The van der Waals surface area contributed by atoms with Crippen molar-refractivity contribution in [3.63, 3.8) is 0 Å². The largest absolute Gasteiger partial charge is 0.445 e. The fourth-order valence-corrected chi connectivity index (χ4v) is 3.13. The summed E-state index contributed by atoms with van der Waals surface area (Å²) in [6.45, 7) is 3.25. The van der Waals surface area contributed by atoms with Gasteiger partial charge in [-0.1, -0.05) is 42.5 Å². The molecule has 136 valence electrons. The summed E-state index contributed by atoms with van der Waals surface area (Å²) in [5, 5.41) is 2.95. The van der Waals surface area contributed by atoms with E-state index in [0.29, 0.717) is 13.1 Å². The lowest BCUT2D eigenvalue weighted by Crippen LogP contribution is -2.44. The lowest BCUT2D eigenvalue weighted by molar-refractivity contribution is -0.121. The molecule has 2 amide bonds. The Morgan fingerprint density at radius 3 is 2.73 bits per heavy atom. The first-order chi connectivity index (χ1) is 12.6.